The van der Waals surface area contributed by atoms with E-state index in [1.165, 1.54) is 18.2 Å². The van der Waals surface area contributed by atoms with Gasteiger partial charge < -0.3 is 15.4 Å². The van der Waals surface area contributed by atoms with E-state index in [1.807, 2.05) is 0 Å². The standard InChI is InChI=1S/C14H10Cl3N3O4/c15-8-1-4-13(11(17)5-8)24-7-18-14(21)19-12-6-9(20(22)23)2-3-10(12)16/h1-6H,7H2,(H2,18,19,21). The van der Waals surface area contributed by atoms with Crippen LogP contribution in [0.25, 0.3) is 0 Å². The highest BCUT2D eigenvalue weighted by Gasteiger charge is 2.12. The first-order chi connectivity index (χ1) is 11.4. The highest BCUT2D eigenvalue weighted by atomic mass is 35.5. The van der Waals surface area contributed by atoms with Gasteiger partial charge in [-0.15, -0.1) is 0 Å². The van der Waals surface area contributed by atoms with Crippen LogP contribution in [0.15, 0.2) is 36.4 Å². The van der Waals surface area contributed by atoms with Gasteiger partial charge in [0.1, 0.15) is 5.75 Å². The molecule has 0 aliphatic rings. The Morgan fingerprint density at radius 2 is 1.88 bits per heavy atom. The van der Waals surface area contributed by atoms with Gasteiger partial charge in [-0.3, -0.25) is 10.1 Å². The minimum Gasteiger partial charge on any atom is -0.472 e. The number of anilines is 1. The average molecular weight is 391 g/mol. The van der Waals surface area contributed by atoms with E-state index in [9.17, 15) is 14.9 Å². The molecule has 126 valence electrons. The molecule has 0 bridgehead atoms. The Labute approximate surface area is 151 Å². The molecular formula is C14H10Cl3N3O4. The van der Waals surface area contributed by atoms with Crippen molar-refractivity contribution in [3.63, 3.8) is 0 Å². The highest BCUT2D eigenvalue weighted by Crippen LogP contribution is 2.28. The van der Waals surface area contributed by atoms with E-state index in [-0.39, 0.29) is 23.1 Å². The van der Waals surface area contributed by atoms with Gasteiger partial charge in [0.05, 0.1) is 20.7 Å². The third kappa shape index (κ3) is 4.89. The Kier molecular flexibility index (Phi) is 6.08. The minimum atomic E-state index is -0.650. The third-order valence-corrected chi connectivity index (χ3v) is 3.62. The molecular weight excluding hydrogens is 381 g/mol. The van der Waals surface area contributed by atoms with Crippen molar-refractivity contribution in [2.75, 3.05) is 12.0 Å². The smallest absolute Gasteiger partial charge is 0.321 e. The molecule has 7 nitrogen and oxygen atoms in total. The van der Waals surface area contributed by atoms with Gasteiger partial charge in [0, 0.05) is 17.2 Å². The number of nitro benzene ring substituents is 1. The fraction of sp³-hybridized carbons (Fsp3) is 0.0714. The Hall–Kier alpha value is -2.22. The van der Waals surface area contributed by atoms with Crippen LogP contribution in [0.2, 0.25) is 15.1 Å². The lowest BCUT2D eigenvalue weighted by Gasteiger charge is -2.11. The molecule has 2 N–H and O–H groups in total. The number of hydrogen-bond acceptors (Lipinski definition) is 4. The van der Waals surface area contributed by atoms with Crippen molar-refractivity contribution >= 4 is 52.2 Å². The fourth-order valence-electron chi connectivity index (χ4n) is 1.66. The van der Waals surface area contributed by atoms with Crippen LogP contribution in [0, 0.1) is 10.1 Å². The SMILES string of the molecule is O=C(NCOc1ccc(Cl)cc1Cl)Nc1cc([N+](=O)[O-])ccc1Cl. The first-order valence-electron chi connectivity index (χ1n) is 6.43. The number of halogens is 3. The second-order valence-electron chi connectivity index (χ2n) is 4.42. The third-order valence-electron chi connectivity index (χ3n) is 2.76. The maximum atomic E-state index is 11.8. The van der Waals surface area contributed by atoms with Gasteiger partial charge in [-0.05, 0) is 24.3 Å². The normalized spacial score (nSPS) is 10.1. The predicted molar refractivity (Wildman–Crippen MR) is 92.2 cm³/mol. The van der Waals surface area contributed by atoms with Crippen molar-refractivity contribution in [3.8, 4) is 5.75 Å². The number of rotatable bonds is 5. The van der Waals surface area contributed by atoms with Crippen LogP contribution in [0.4, 0.5) is 16.2 Å². The predicted octanol–water partition coefficient (Wildman–Crippen LogP) is 4.71. The Bertz CT molecular complexity index is 786. The molecule has 2 amide bonds. The molecule has 0 radical (unpaired) electrons. The fourth-order valence-corrected chi connectivity index (χ4v) is 2.29. The molecule has 0 atom stereocenters. The van der Waals surface area contributed by atoms with E-state index in [1.54, 1.807) is 12.1 Å². The van der Waals surface area contributed by atoms with Gasteiger partial charge in [0.15, 0.2) is 6.73 Å². The van der Waals surface area contributed by atoms with E-state index in [4.69, 9.17) is 39.5 Å². The minimum absolute atomic E-state index is 0.105. The summed E-state index contributed by atoms with van der Waals surface area (Å²) in [6.07, 6.45) is 0. The average Bonchev–Trinajstić information content (AvgIpc) is 2.51. The zero-order valence-corrected chi connectivity index (χ0v) is 14.2. The number of nitrogens with one attached hydrogen (secondary N) is 2. The second-order valence-corrected chi connectivity index (χ2v) is 5.67. The molecule has 2 rings (SSSR count). The van der Waals surface area contributed by atoms with Gasteiger partial charge in [-0.2, -0.15) is 0 Å². The zero-order chi connectivity index (χ0) is 17.7. The molecule has 0 saturated heterocycles. The monoisotopic (exact) mass is 389 g/mol. The second kappa shape index (κ2) is 8.05. The van der Waals surface area contributed by atoms with Crippen LogP contribution in [0.1, 0.15) is 0 Å². The van der Waals surface area contributed by atoms with E-state index in [0.29, 0.717) is 15.8 Å². The molecule has 2 aromatic carbocycles. The first-order valence-corrected chi connectivity index (χ1v) is 7.57. The van der Waals surface area contributed by atoms with Crippen molar-refractivity contribution in [2.45, 2.75) is 0 Å². The molecule has 0 aliphatic carbocycles. The van der Waals surface area contributed by atoms with Crippen LogP contribution >= 0.6 is 34.8 Å². The van der Waals surface area contributed by atoms with Crippen LogP contribution < -0.4 is 15.4 Å². The number of benzene rings is 2. The molecule has 0 aromatic heterocycles. The molecule has 0 saturated carbocycles. The molecule has 0 aliphatic heterocycles. The summed E-state index contributed by atoms with van der Waals surface area (Å²) in [4.78, 5) is 21.9. The van der Waals surface area contributed by atoms with Crippen molar-refractivity contribution < 1.29 is 14.5 Å². The molecule has 0 unspecified atom stereocenters. The molecule has 2 aromatic rings. The Morgan fingerprint density at radius 3 is 2.54 bits per heavy atom. The lowest BCUT2D eigenvalue weighted by atomic mass is 10.3. The summed E-state index contributed by atoms with van der Waals surface area (Å²) >= 11 is 17.6. The summed E-state index contributed by atoms with van der Waals surface area (Å²) in [6.45, 7) is -0.181. The molecule has 0 spiro atoms. The summed E-state index contributed by atoms with van der Waals surface area (Å²) in [5, 5.41) is 16.4. The summed E-state index contributed by atoms with van der Waals surface area (Å²) in [5.41, 5.74) is -0.0909. The van der Waals surface area contributed by atoms with Crippen LogP contribution in [-0.2, 0) is 0 Å². The first kappa shape index (κ1) is 18.1. The van der Waals surface area contributed by atoms with Crippen molar-refractivity contribution in [3.05, 3.63) is 61.6 Å². The molecule has 0 fully saturated rings. The van der Waals surface area contributed by atoms with Crippen LogP contribution in [0.5, 0.6) is 5.75 Å². The Morgan fingerprint density at radius 1 is 1.12 bits per heavy atom. The van der Waals surface area contributed by atoms with Crippen LogP contribution in [-0.4, -0.2) is 17.7 Å². The lowest BCUT2D eigenvalue weighted by molar-refractivity contribution is -0.384. The van der Waals surface area contributed by atoms with Crippen molar-refractivity contribution in [1.29, 1.82) is 0 Å². The number of urea groups is 1. The number of non-ortho nitro benzene ring substituents is 1. The quantitative estimate of drug-likeness (QED) is 0.439. The number of amides is 2. The molecule has 0 heterocycles. The molecule has 10 heteroatoms. The maximum Gasteiger partial charge on any atom is 0.321 e. The largest absolute Gasteiger partial charge is 0.472 e. The van der Waals surface area contributed by atoms with E-state index < -0.39 is 11.0 Å². The number of nitrogens with zero attached hydrogens (tertiary/aromatic N) is 1. The number of carbonyl (C=O) groups excluding carboxylic acids is 1. The summed E-state index contributed by atoms with van der Waals surface area (Å²) in [6, 6.07) is 7.70. The van der Waals surface area contributed by atoms with E-state index in [2.05, 4.69) is 10.6 Å². The number of nitro groups is 1. The van der Waals surface area contributed by atoms with Gasteiger partial charge in [-0.1, -0.05) is 34.8 Å². The zero-order valence-electron chi connectivity index (χ0n) is 11.9. The number of ether oxygens (including phenoxy) is 1. The topological polar surface area (TPSA) is 93.5 Å². The van der Waals surface area contributed by atoms with Gasteiger partial charge >= 0.3 is 6.03 Å². The Balaban J connectivity index is 1.92. The summed E-state index contributed by atoms with van der Waals surface area (Å²) in [7, 11) is 0. The van der Waals surface area contributed by atoms with E-state index >= 15 is 0 Å². The van der Waals surface area contributed by atoms with Crippen molar-refractivity contribution in [1.82, 2.24) is 5.32 Å². The summed E-state index contributed by atoms with van der Waals surface area (Å²) < 4.78 is 5.29. The number of carbonyl (C=O) groups is 1. The molecule has 24 heavy (non-hydrogen) atoms. The van der Waals surface area contributed by atoms with Crippen LogP contribution in [0.3, 0.4) is 0 Å². The number of hydrogen-bond donors (Lipinski definition) is 2. The van der Waals surface area contributed by atoms with E-state index in [0.717, 1.165) is 6.07 Å². The van der Waals surface area contributed by atoms with Gasteiger partial charge in [0.2, 0.25) is 0 Å². The highest BCUT2D eigenvalue weighted by molar-refractivity contribution is 6.35. The lowest BCUT2D eigenvalue weighted by Crippen LogP contribution is -2.32. The van der Waals surface area contributed by atoms with Gasteiger partial charge in [-0.25, -0.2) is 4.79 Å². The maximum absolute atomic E-state index is 11.8. The summed E-state index contributed by atoms with van der Waals surface area (Å²) in [5.74, 6) is 0.342. The van der Waals surface area contributed by atoms with Gasteiger partial charge in [0.25, 0.3) is 5.69 Å². The van der Waals surface area contributed by atoms with Crippen molar-refractivity contribution in [2.24, 2.45) is 0 Å².